The van der Waals surface area contributed by atoms with Gasteiger partial charge < -0.3 is 9.80 Å². The number of piperidine rings is 1. The van der Waals surface area contributed by atoms with Crippen molar-refractivity contribution < 1.29 is 0 Å². The first-order valence-corrected chi connectivity index (χ1v) is 9.88. The van der Waals surface area contributed by atoms with Crippen LogP contribution in [0.2, 0.25) is 0 Å². The van der Waals surface area contributed by atoms with Crippen molar-refractivity contribution in [2.24, 2.45) is 0 Å². The van der Waals surface area contributed by atoms with E-state index >= 15 is 0 Å². The molecule has 0 N–H and O–H groups in total. The minimum absolute atomic E-state index is 0.588. The lowest BCUT2D eigenvalue weighted by molar-refractivity contribution is 0.189. The van der Waals surface area contributed by atoms with Gasteiger partial charge in [0.05, 0.1) is 11.4 Å². The van der Waals surface area contributed by atoms with Gasteiger partial charge in [-0.25, -0.2) is 4.98 Å². The normalized spacial score (nSPS) is 18.1. The summed E-state index contributed by atoms with van der Waals surface area (Å²) in [5.41, 5.74) is 5.29. The molecule has 1 fully saturated rings. The molecule has 1 saturated heterocycles. The van der Waals surface area contributed by atoms with E-state index in [-0.39, 0.29) is 0 Å². The predicted molar refractivity (Wildman–Crippen MR) is 111 cm³/mol. The number of likely N-dealkylation sites (N-methyl/N-ethyl adjacent to an activating group) is 2. The molecule has 0 unspecified atom stereocenters. The third-order valence-corrected chi connectivity index (χ3v) is 5.90. The fourth-order valence-electron chi connectivity index (χ4n) is 4.03. The van der Waals surface area contributed by atoms with E-state index in [2.05, 4.69) is 68.1 Å². The van der Waals surface area contributed by atoms with Gasteiger partial charge >= 0.3 is 0 Å². The molecule has 0 radical (unpaired) electrons. The molecule has 142 valence electrons. The van der Waals surface area contributed by atoms with Crippen LogP contribution in [-0.2, 0) is 0 Å². The maximum Gasteiger partial charge on any atom is 0.161 e. The quantitative estimate of drug-likeness (QED) is 0.704. The Balaban J connectivity index is 1.77. The first-order chi connectivity index (χ1) is 13.0. The Morgan fingerprint density at radius 1 is 1.15 bits per heavy atom. The van der Waals surface area contributed by atoms with Gasteiger partial charge in [-0.05, 0) is 40.3 Å². The zero-order valence-electron chi connectivity index (χ0n) is 16.8. The molecule has 3 heterocycles. The number of anilines is 1. The summed E-state index contributed by atoms with van der Waals surface area (Å²) >= 11 is 0. The zero-order chi connectivity index (χ0) is 19.0. The number of hydrogen-bond acceptors (Lipinski definition) is 4. The van der Waals surface area contributed by atoms with E-state index in [9.17, 15) is 0 Å². The molecule has 1 atom stereocenters. The summed E-state index contributed by atoms with van der Waals surface area (Å²) in [6.07, 6.45) is 3.90. The lowest BCUT2D eigenvalue weighted by atomic mass is 10.0. The van der Waals surface area contributed by atoms with E-state index in [1.54, 1.807) is 0 Å². The molecule has 5 nitrogen and oxygen atoms in total. The highest BCUT2D eigenvalue weighted by Gasteiger charge is 2.22. The average molecular weight is 364 g/mol. The summed E-state index contributed by atoms with van der Waals surface area (Å²) in [4.78, 5) is 9.78. The zero-order valence-corrected chi connectivity index (χ0v) is 16.8. The van der Waals surface area contributed by atoms with Gasteiger partial charge in [0.1, 0.15) is 5.82 Å². The third kappa shape index (κ3) is 3.44. The van der Waals surface area contributed by atoms with Crippen molar-refractivity contribution in [3.8, 4) is 11.3 Å². The monoisotopic (exact) mass is 363 g/mol. The number of rotatable bonds is 4. The van der Waals surface area contributed by atoms with Crippen LogP contribution in [0.5, 0.6) is 0 Å². The minimum Gasteiger partial charge on any atom is -0.358 e. The van der Waals surface area contributed by atoms with E-state index in [4.69, 9.17) is 10.1 Å². The third-order valence-electron chi connectivity index (χ3n) is 5.90. The lowest BCUT2D eigenvalue weighted by Crippen LogP contribution is -2.44. The highest BCUT2D eigenvalue weighted by atomic mass is 15.4. The Kier molecular flexibility index (Phi) is 4.87. The average Bonchev–Trinajstić information content (AvgIpc) is 2.98. The molecule has 1 aromatic carbocycles. The number of likely N-dealkylation sites (tertiary alicyclic amines) is 1. The molecule has 27 heavy (non-hydrogen) atoms. The Bertz CT molecular complexity index is 931. The molecular formula is C22H29N5. The van der Waals surface area contributed by atoms with Crippen molar-refractivity contribution in [3.63, 3.8) is 0 Å². The molecule has 0 aliphatic carbocycles. The van der Waals surface area contributed by atoms with Gasteiger partial charge in [-0.1, -0.05) is 36.8 Å². The first kappa shape index (κ1) is 18.0. The Morgan fingerprint density at radius 3 is 2.67 bits per heavy atom. The van der Waals surface area contributed by atoms with Crippen LogP contribution in [0.25, 0.3) is 16.9 Å². The van der Waals surface area contributed by atoms with Gasteiger partial charge in [-0.2, -0.15) is 9.61 Å². The molecule has 1 aliphatic rings. The highest BCUT2D eigenvalue weighted by Crippen LogP contribution is 2.27. The second-order valence-corrected chi connectivity index (χ2v) is 7.82. The largest absolute Gasteiger partial charge is 0.358 e. The summed E-state index contributed by atoms with van der Waals surface area (Å²) < 4.78 is 2.01. The molecule has 0 spiro atoms. The van der Waals surface area contributed by atoms with Crippen molar-refractivity contribution in [2.45, 2.75) is 39.2 Å². The van der Waals surface area contributed by atoms with Gasteiger partial charge in [0, 0.05) is 36.8 Å². The predicted octanol–water partition coefficient (Wildman–Crippen LogP) is 3.93. The van der Waals surface area contributed by atoms with E-state index in [1.165, 1.54) is 25.8 Å². The number of nitrogens with zero attached hydrogens (tertiary/aromatic N) is 5. The van der Waals surface area contributed by atoms with E-state index < -0.39 is 0 Å². The van der Waals surface area contributed by atoms with Crippen molar-refractivity contribution in [2.75, 3.05) is 32.1 Å². The maximum atomic E-state index is 4.93. The Morgan fingerprint density at radius 2 is 1.93 bits per heavy atom. The molecule has 0 saturated carbocycles. The van der Waals surface area contributed by atoms with Crippen molar-refractivity contribution in [1.82, 2.24) is 19.5 Å². The number of hydrogen-bond donors (Lipinski definition) is 0. The summed E-state index contributed by atoms with van der Waals surface area (Å²) in [7, 11) is 4.43. The molecule has 5 heteroatoms. The Hall–Kier alpha value is -2.40. The molecule has 1 aliphatic heterocycles. The minimum atomic E-state index is 0.588. The van der Waals surface area contributed by atoms with Crippen molar-refractivity contribution in [3.05, 3.63) is 47.7 Å². The van der Waals surface area contributed by atoms with Gasteiger partial charge in [0.25, 0.3) is 0 Å². The van der Waals surface area contributed by atoms with Crippen LogP contribution in [0.3, 0.4) is 0 Å². The van der Waals surface area contributed by atoms with Crippen LogP contribution in [0.15, 0.2) is 36.4 Å². The fraction of sp³-hybridized carbons (Fsp3) is 0.455. The van der Waals surface area contributed by atoms with Crippen LogP contribution < -0.4 is 4.90 Å². The van der Waals surface area contributed by atoms with E-state index in [0.29, 0.717) is 6.04 Å². The van der Waals surface area contributed by atoms with Crippen LogP contribution in [0.4, 0.5) is 5.82 Å². The van der Waals surface area contributed by atoms with Crippen LogP contribution in [0.1, 0.15) is 30.5 Å². The van der Waals surface area contributed by atoms with Crippen molar-refractivity contribution in [1.29, 1.82) is 0 Å². The van der Waals surface area contributed by atoms with Crippen molar-refractivity contribution >= 4 is 11.5 Å². The van der Waals surface area contributed by atoms with Crippen LogP contribution >= 0.6 is 0 Å². The maximum absolute atomic E-state index is 4.93. The standard InChI is InChI=1S/C22H29N5/c1-16-17(2)24-27-21(26(4)15-19-12-8-9-13-25(19)3)14-20(23-22(16)27)18-10-6-5-7-11-18/h5-7,10-11,14,19H,8-9,12-13,15H2,1-4H3/t19-/m0/s1. The number of aromatic nitrogens is 3. The second kappa shape index (κ2) is 7.31. The first-order valence-electron chi connectivity index (χ1n) is 9.88. The van der Waals surface area contributed by atoms with Gasteiger partial charge in [-0.15, -0.1) is 0 Å². The smallest absolute Gasteiger partial charge is 0.161 e. The summed E-state index contributed by atoms with van der Waals surface area (Å²) in [5, 5.41) is 4.78. The van der Waals surface area contributed by atoms with Crippen LogP contribution in [-0.4, -0.2) is 52.7 Å². The molecular weight excluding hydrogens is 334 g/mol. The van der Waals surface area contributed by atoms with E-state index in [0.717, 1.165) is 40.5 Å². The van der Waals surface area contributed by atoms with E-state index in [1.807, 2.05) is 10.6 Å². The summed E-state index contributed by atoms with van der Waals surface area (Å²) in [5.74, 6) is 1.11. The van der Waals surface area contributed by atoms with Gasteiger partial charge in [-0.3, -0.25) is 0 Å². The van der Waals surface area contributed by atoms with Gasteiger partial charge in [0.2, 0.25) is 0 Å². The molecule has 0 bridgehead atoms. The highest BCUT2D eigenvalue weighted by molar-refractivity contribution is 5.68. The fourth-order valence-corrected chi connectivity index (χ4v) is 4.03. The van der Waals surface area contributed by atoms with Gasteiger partial charge in [0.15, 0.2) is 5.65 Å². The summed E-state index contributed by atoms with van der Waals surface area (Å²) in [6.45, 7) is 6.37. The second-order valence-electron chi connectivity index (χ2n) is 7.82. The van der Waals surface area contributed by atoms with Crippen LogP contribution in [0, 0.1) is 13.8 Å². The lowest BCUT2D eigenvalue weighted by Gasteiger charge is -2.35. The summed E-state index contributed by atoms with van der Waals surface area (Å²) in [6, 6.07) is 13.2. The number of benzene rings is 1. The molecule has 3 aromatic rings. The molecule has 4 rings (SSSR count). The number of fused-ring (bicyclic) bond motifs is 1. The number of aryl methyl sites for hydroxylation is 2. The molecule has 0 amide bonds. The topological polar surface area (TPSA) is 36.7 Å². The SMILES string of the molecule is Cc1nn2c(N(C)C[C@@H]3CCCCN3C)cc(-c3ccccc3)nc2c1C. The Labute approximate surface area is 161 Å². The molecule has 2 aromatic heterocycles.